The van der Waals surface area contributed by atoms with Crippen molar-refractivity contribution in [2.24, 2.45) is 17.8 Å². The van der Waals surface area contributed by atoms with Gasteiger partial charge in [0, 0.05) is 25.7 Å². The van der Waals surface area contributed by atoms with Crippen molar-refractivity contribution in [1.29, 1.82) is 0 Å². The Labute approximate surface area is 505 Å². The Bertz CT molecular complexity index is 1650. The molecule has 492 valence electrons. The monoisotopic (exact) mass is 1230 g/mol. The van der Waals surface area contributed by atoms with Gasteiger partial charge in [-0.2, -0.15) is 0 Å². The zero-order valence-corrected chi connectivity index (χ0v) is 55.4. The van der Waals surface area contributed by atoms with Gasteiger partial charge in [-0.05, 0) is 43.4 Å². The third-order valence-corrected chi connectivity index (χ3v) is 16.5. The van der Waals surface area contributed by atoms with Gasteiger partial charge in [-0.15, -0.1) is 0 Å². The summed E-state index contributed by atoms with van der Waals surface area (Å²) in [6, 6.07) is 0. The van der Waals surface area contributed by atoms with Gasteiger partial charge in [0.1, 0.15) is 19.3 Å². The second-order valence-corrected chi connectivity index (χ2v) is 27.5. The van der Waals surface area contributed by atoms with Crippen LogP contribution < -0.4 is 0 Å². The SMILES string of the molecule is CCCCCCCCCCCCC(=O)OC[C@H](COP(=O)(O)OC[C@@H](O)COP(=O)(O)OC[C@@H](COC(=O)CCCCCCCCC(C)C)OC(=O)CCCCCCCCC(C)C)OC(=O)CCCCCCCCCCCCCCC(C)C. The average Bonchev–Trinajstić information content (AvgIpc) is 3.43. The van der Waals surface area contributed by atoms with E-state index in [-0.39, 0.29) is 25.7 Å². The molecule has 0 heterocycles. The van der Waals surface area contributed by atoms with Crippen LogP contribution >= 0.6 is 15.6 Å². The molecule has 0 aromatic heterocycles. The fraction of sp³-hybridized carbons (Fsp3) is 0.938. The molecule has 2 unspecified atom stereocenters. The molecule has 0 spiro atoms. The lowest BCUT2D eigenvalue weighted by molar-refractivity contribution is -0.161. The number of phosphoric ester groups is 2. The van der Waals surface area contributed by atoms with Crippen LogP contribution in [0.1, 0.15) is 312 Å². The number of hydrogen-bond acceptors (Lipinski definition) is 15. The molecule has 0 rings (SSSR count). The highest BCUT2D eigenvalue weighted by Gasteiger charge is 2.30. The van der Waals surface area contributed by atoms with Crippen LogP contribution in [0.25, 0.3) is 0 Å². The summed E-state index contributed by atoms with van der Waals surface area (Å²) in [6.07, 6.45) is 36.5. The number of aliphatic hydroxyl groups is 1. The number of hydrogen-bond donors (Lipinski definition) is 3. The highest BCUT2D eigenvalue weighted by Crippen LogP contribution is 2.45. The van der Waals surface area contributed by atoms with Crippen molar-refractivity contribution >= 4 is 39.5 Å². The van der Waals surface area contributed by atoms with Crippen LogP contribution in [0.4, 0.5) is 0 Å². The minimum Gasteiger partial charge on any atom is -0.462 e. The van der Waals surface area contributed by atoms with Gasteiger partial charge in [0.2, 0.25) is 0 Å². The van der Waals surface area contributed by atoms with E-state index in [9.17, 15) is 43.2 Å². The van der Waals surface area contributed by atoms with Gasteiger partial charge in [0.15, 0.2) is 12.2 Å². The van der Waals surface area contributed by atoms with E-state index in [1.54, 1.807) is 0 Å². The number of ether oxygens (including phenoxy) is 4. The Balaban J connectivity index is 5.22. The Morgan fingerprint density at radius 1 is 0.325 bits per heavy atom. The maximum absolute atomic E-state index is 13.0. The fourth-order valence-corrected chi connectivity index (χ4v) is 11.1. The molecule has 0 aliphatic carbocycles. The van der Waals surface area contributed by atoms with Crippen molar-refractivity contribution < 1.29 is 80.2 Å². The number of carbonyl (C=O) groups is 4. The summed E-state index contributed by atoms with van der Waals surface area (Å²) in [5, 5.41) is 10.5. The minimum absolute atomic E-state index is 0.101. The van der Waals surface area contributed by atoms with Crippen LogP contribution in [-0.2, 0) is 65.4 Å². The Kier molecular flexibility index (Phi) is 54.1. The number of rotatable bonds is 62. The van der Waals surface area contributed by atoms with Crippen LogP contribution in [0.5, 0.6) is 0 Å². The second-order valence-electron chi connectivity index (χ2n) is 24.6. The summed E-state index contributed by atoms with van der Waals surface area (Å²) in [6.45, 7) is 11.6. The molecule has 0 fully saturated rings. The number of unbranched alkanes of at least 4 members (excludes halogenated alkanes) is 30. The third kappa shape index (κ3) is 58.8. The minimum atomic E-state index is -4.94. The molecule has 5 atom stereocenters. The summed E-state index contributed by atoms with van der Waals surface area (Å²) in [7, 11) is -9.89. The van der Waals surface area contributed by atoms with E-state index in [0.717, 1.165) is 102 Å². The maximum Gasteiger partial charge on any atom is 0.472 e. The molecule has 83 heavy (non-hydrogen) atoms. The summed E-state index contributed by atoms with van der Waals surface area (Å²) in [4.78, 5) is 72.1. The first-order chi connectivity index (χ1) is 39.7. The van der Waals surface area contributed by atoms with E-state index < -0.39 is 97.5 Å². The van der Waals surface area contributed by atoms with Crippen molar-refractivity contribution in [2.45, 2.75) is 330 Å². The van der Waals surface area contributed by atoms with Crippen molar-refractivity contribution in [3.8, 4) is 0 Å². The van der Waals surface area contributed by atoms with E-state index in [2.05, 4.69) is 48.5 Å². The summed E-state index contributed by atoms with van der Waals surface area (Å²) in [5.41, 5.74) is 0. The molecule has 0 radical (unpaired) electrons. The van der Waals surface area contributed by atoms with Crippen LogP contribution in [0.2, 0.25) is 0 Å². The van der Waals surface area contributed by atoms with E-state index in [1.165, 1.54) is 116 Å². The van der Waals surface area contributed by atoms with E-state index in [4.69, 9.17) is 37.0 Å². The first kappa shape index (κ1) is 81.1. The summed E-state index contributed by atoms with van der Waals surface area (Å²) < 4.78 is 67.9. The molecule has 0 aliphatic rings. The molecule has 0 amide bonds. The molecule has 19 heteroatoms. The van der Waals surface area contributed by atoms with Gasteiger partial charge >= 0.3 is 39.5 Å². The average molecular weight is 1230 g/mol. The lowest BCUT2D eigenvalue weighted by Gasteiger charge is -2.21. The summed E-state index contributed by atoms with van der Waals surface area (Å²) >= 11 is 0. The molecule has 0 aromatic carbocycles. The Morgan fingerprint density at radius 2 is 0.554 bits per heavy atom. The number of esters is 4. The topological polar surface area (TPSA) is 237 Å². The van der Waals surface area contributed by atoms with Crippen LogP contribution in [0.15, 0.2) is 0 Å². The fourth-order valence-electron chi connectivity index (χ4n) is 9.48. The van der Waals surface area contributed by atoms with Gasteiger partial charge in [-0.3, -0.25) is 37.3 Å². The first-order valence-electron chi connectivity index (χ1n) is 33.3. The molecule has 0 bridgehead atoms. The molecule has 3 N–H and O–H groups in total. The zero-order valence-electron chi connectivity index (χ0n) is 53.6. The van der Waals surface area contributed by atoms with Gasteiger partial charge in [-0.1, -0.05) is 260 Å². The van der Waals surface area contributed by atoms with Gasteiger partial charge < -0.3 is 33.8 Å². The molecule has 0 saturated heterocycles. The largest absolute Gasteiger partial charge is 0.472 e. The highest BCUT2D eigenvalue weighted by molar-refractivity contribution is 7.47. The first-order valence-corrected chi connectivity index (χ1v) is 36.3. The van der Waals surface area contributed by atoms with Gasteiger partial charge in [0.05, 0.1) is 26.4 Å². The third-order valence-electron chi connectivity index (χ3n) is 14.6. The normalized spacial score (nSPS) is 14.4. The number of aliphatic hydroxyl groups excluding tert-OH is 1. The van der Waals surface area contributed by atoms with Gasteiger partial charge in [-0.25, -0.2) is 9.13 Å². The van der Waals surface area contributed by atoms with E-state index in [0.29, 0.717) is 37.5 Å². The molecule has 0 saturated carbocycles. The molecular formula is C64H124O17P2. The summed E-state index contributed by atoms with van der Waals surface area (Å²) in [5.74, 6) is -0.0155. The lowest BCUT2D eigenvalue weighted by atomic mass is 10.0. The smallest absolute Gasteiger partial charge is 0.462 e. The zero-order chi connectivity index (χ0) is 61.7. The lowest BCUT2D eigenvalue weighted by Crippen LogP contribution is -2.30. The predicted octanol–water partition coefficient (Wildman–Crippen LogP) is 17.5. The molecule has 0 aromatic rings. The quantitative estimate of drug-likeness (QED) is 0.0222. The molecule has 0 aliphatic heterocycles. The van der Waals surface area contributed by atoms with Crippen molar-refractivity contribution in [3.05, 3.63) is 0 Å². The van der Waals surface area contributed by atoms with Crippen LogP contribution in [0, 0.1) is 17.8 Å². The van der Waals surface area contributed by atoms with Crippen molar-refractivity contribution in [3.63, 3.8) is 0 Å². The van der Waals surface area contributed by atoms with Crippen molar-refractivity contribution in [2.75, 3.05) is 39.6 Å². The number of phosphoric acid groups is 2. The van der Waals surface area contributed by atoms with Crippen LogP contribution in [-0.4, -0.2) is 96.7 Å². The maximum atomic E-state index is 13.0. The highest BCUT2D eigenvalue weighted by atomic mass is 31.2. The van der Waals surface area contributed by atoms with E-state index in [1.807, 2.05) is 0 Å². The standard InChI is InChI=1S/C64H124O17P2/c1-8-9-10-11-12-13-19-22-31-38-45-61(66)74-51-59(80-63(68)47-40-33-23-20-17-15-14-16-18-21-28-35-42-55(2)3)53-78-82(70,71)76-49-58(65)50-77-83(72,73)79-54-60(81-64(69)48-41-34-27-25-30-37-44-57(6)7)52-75-62(67)46-39-32-26-24-29-36-43-56(4)5/h55-60,65H,8-54H2,1-7H3,(H,70,71)(H,72,73)/t58-,59-,60-/m1/s1. The second kappa shape index (κ2) is 55.4. The Hall–Kier alpha value is -1.94. The molecular weight excluding hydrogens is 1100 g/mol. The Morgan fingerprint density at radius 3 is 0.819 bits per heavy atom. The van der Waals surface area contributed by atoms with Gasteiger partial charge in [0.25, 0.3) is 0 Å². The predicted molar refractivity (Wildman–Crippen MR) is 331 cm³/mol. The van der Waals surface area contributed by atoms with Crippen molar-refractivity contribution in [1.82, 2.24) is 0 Å². The number of carbonyl (C=O) groups excluding carboxylic acids is 4. The van der Waals surface area contributed by atoms with E-state index >= 15 is 0 Å². The van der Waals surface area contributed by atoms with Crippen LogP contribution in [0.3, 0.4) is 0 Å². The molecule has 17 nitrogen and oxygen atoms in total.